The molecule has 0 radical (unpaired) electrons. The molecule has 0 aliphatic heterocycles. The van der Waals surface area contributed by atoms with Crippen molar-refractivity contribution in [3.05, 3.63) is 64.1 Å². The van der Waals surface area contributed by atoms with Crippen molar-refractivity contribution >= 4 is 27.5 Å². The van der Waals surface area contributed by atoms with E-state index in [0.29, 0.717) is 0 Å². The summed E-state index contributed by atoms with van der Waals surface area (Å²) in [5.41, 5.74) is 8.54. The van der Waals surface area contributed by atoms with E-state index < -0.39 is 6.04 Å². The van der Waals surface area contributed by atoms with Crippen molar-refractivity contribution in [1.29, 1.82) is 0 Å². The number of carbonyl (C=O) groups excluding carboxylic acids is 1. The van der Waals surface area contributed by atoms with Crippen LogP contribution in [0.1, 0.15) is 17.2 Å². The molecule has 2 aromatic rings. The molecule has 0 aliphatic rings. The zero-order chi connectivity index (χ0) is 13.8. The van der Waals surface area contributed by atoms with E-state index in [1.807, 2.05) is 55.5 Å². The standard InChI is InChI=1S/C15H15BrN2O/c1-10-6-5-9-12(13(10)16)18-15(19)14(17)11-7-3-2-4-8-11/h2-9,14H,17H2,1H3,(H,18,19)/t14-/m1/s1. The number of amides is 1. The summed E-state index contributed by atoms with van der Waals surface area (Å²) in [6.07, 6.45) is 0. The number of carbonyl (C=O) groups is 1. The summed E-state index contributed by atoms with van der Waals surface area (Å²) in [4.78, 5) is 12.1. The van der Waals surface area contributed by atoms with E-state index in [4.69, 9.17) is 5.73 Å². The molecule has 98 valence electrons. The second kappa shape index (κ2) is 5.99. The topological polar surface area (TPSA) is 55.1 Å². The van der Waals surface area contributed by atoms with Gasteiger partial charge in [0, 0.05) is 4.47 Å². The minimum absolute atomic E-state index is 0.225. The van der Waals surface area contributed by atoms with Crippen LogP contribution in [0.4, 0.5) is 5.69 Å². The van der Waals surface area contributed by atoms with Gasteiger partial charge in [-0.3, -0.25) is 4.79 Å². The van der Waals surface area contributed by atoms with E-state index in [0.717, 1.165) is 21.3 Å². The lowest BCUT2D eigenvalue weighted by atomic mass is 10.1. The number of nitrogens with two attached hydrogens (primary N) is 1. The van der Waals surface area contributed by atoms with Crippen molar-refractivity contribution in [2.45, 2.75) is 13.0 Å². The maximum Gasteiger partial charge on any atom is 0.245 e. The van der Waals surface area contributed by atoms with E-state index in [2.05, 4.69) is 21.2 Å². The SMILES string of the molecule is Cc1cccc(NC(=O)[C@H](N)c2ccccc2)c1Br. The predicted octanol–water partition coefficient (Wildman–Crippen LogP) is 3.40. The second-order valence-corrected chi connectivity index (χ2v) is 5.11. The van der Waals surface area contributed by atoms with Gasteiger partial charge in [0.2, 0.25) is 5.91 Å². The fourth-order valence-corrected chi connectivity index (χ4v) is 2.13. The summed E-state index contributed by atoms with van der Waals surface area (Å²) < 4.78 is 0.878. The van der Waals surface area contributed by atoms with Crippen molar-refractivity contribution in [3.8, 4) is 0 Å². The summed E-state index contributed by atoms with van der Waals surface area (Å²) in [6.45, 7) is 1.97. The Morgan fingerprint density at radius 3 is 2.53 bits per heavy atom. The maximum atomic E-state index is 12.1. The number of nitrogens with one attached hydrogen (secondary N) is 1. The highest BCUT2D eigenvalue weighted by molar-refractivity contribution is 9.10. The molecule has 0 bridgehead atoms. The van der Waals surface area contributed by atoms with Gasteiger partial charge < -0.3 is 11.1 Å². The molecule has 2 rings (SSSR count). The van der Waals surface area contributed by atoms with Crippen LogP contribution in [-0.2, 0) is 4.79 Å². The van der Waals surface area contributed by atoms with Gasteiger partial charge in [0.15, 0.2) is 0 Å². The second-order valence-electron chi connectivity index (χ2n) is 4.31. The average Bonchev–Trinajstić information content (AvgIpc) is 2.44. The number of halogens is 1. The fraction of sp³-hybridized carbons (Fsp3) is 0.133. The summed E-state index contributed by atoms with van der Waals surface area (Å²) in [5.74, 6) is -0.225. The van der Waals surface area contributed by atoms with E-state index in [1.165, 1.54) is 0 Å². The van der Waals surface area contributed by atoms with E-state index in [1.54, 1.807) is 0 Å². The van der Waals surface area contributed by atoms with Gasteiger partial charge in [-0.15, -0.1) is 0 Å². The monoisotopic (exact) mass is 318 g/mol. The molecule has 0 fully saturated rings. The Bertz CT molecular complexity index is 584. The molecule has 0 saturated heterocycles. The van der Waals surface area contributed by atoms with Crippen LogP contribution in [0.3, 0.4) is 0 Å². The smallest absolute Gasteiger partial charge is 0.245 e. The third-order valence-electron chi connectivity index (χ3n) is 2.89. The summed E-state index contributed by atoms with van der Waals surface area (Å²) >= 11 is 3.46. The van der Waals surface area contributed by atoms with Crippen LogP contribution in [0.2, 0.25) is 0 Å². The molecule has 1 amide bonds. The van der Waals surface area contributed by atoms with Crippen molar-refractivity contribution in [2.24, 2.45) is 5.73 Å². The molecule has 0 aliphatic carbocycles. The number of rotatable bonds is 3. The predicted molar refractivity (Wildman–Crippen MR) is 80.9 cm³/mol. The molecule has 2 aromatic carbocycles. The molecule has 0 heterocycles. The van der Waals surface area contributed by atoms with Gasteiger partial charge in [-0.1, -0.05) is 42.5 Å². The van der Waals surface area contributed by atoms with Crippen LogP contribution in [0.15, 0.2) is 53.0 Å². The molecular formula is C15H15BrN2O. The molecule has 0 unspecified atom stereocenters. The molecular weight excluding hydrogens is 304 g/mol. The third-order valence-corrected chi connectivity index (χ3v) is 3.94. The van der Waals surface area contributed by atoms with Gasteiger partial charge in [-0.25, -0.2) is 0 Å². The number of anilines is 1. The Kier molecular flexibility index (Phi) is 4.35. The largest absolute Gasteiger partial charge is 0.323 e. The van der Waals surface area contributed by atoms with Gasteiger partial charge in [0.1, 0.15) is 6.04 Å². The molecule has 0 aromatic heterocycles. The molecule has 4 heteroatoms. The maximum absolute atomic E-state index is 12.1. The summed E-state index contributed by atoms with van der Waals surface area (Å²) in [6, 6.07) is 14.3. The first-order valence-electron chi connectivity index (χ1n) is 5.96. The number of aryl methyl sites for hydroxylation is 1. The zero-order valence-corrected chi connectivity index (χ0v) is 12.1. The lowest BCUT2D eigenvalue weighted by Gasteiger charge is -2.14. The molecule has 3 nitrogen and oxygen atoms in total. The van der Waals surface area contributed by atoms with Crippen LogP contribution < -0.4 is 11.1 Å². The van der Waals surface area contributed by atoms with Gasteiger partial charge in [-0.2, -0.15) is 0 Å². The van der Waals surface area contributed by atoms with E-state index in [-0.39, 0.29) is 5.91 Å². The van der Waals surface area contributed by atoms with Gasteiger partial charge >= 0.3 is 0 Å². The average molecular weight is 319 g/mol. The Morgan fingerprint density at radius 1 is 1.16 bits per heavy atom. The van der Waals surface area contributed by atoms with Crippen molar-refractivity contribution in [2.75, 3.05) is 5.32 Å². The first-order valence-corrected chi connectivity index (χ1v) is 6.75. The Morgan fingerprint density at radius 2 is 1.84 bits per heavy atom. The minimum atomic E-state index is -0.673. The van der Waals surface area contributed by atoms with Crippen LogP contribution in [-0.4, -0.2) is 5.91 Å². The van der Waals surface area contributed by atoms with Crippen molar-refractivity contribution in [1.82, 2.24) is 0 Å². The van der Waals surface area contributed by atoms with Crippen molar-refractivity contribution < 1.29 is 4.79 Å². The quantitative estimate of drug-likeness (QED) is 0.911. The zero-order valence-electron chi connectivity index (χ0n) is 10.6. The van der Waals surface area contributed by atoms with Gasteiger partial charge in [0.25, 0.3) is 0 Å². The molecule has 1 atom stereocenters. The van der Waals surface area contributed by atoms with E-state index in [9.17, 15) is 4.79 Å². The molecule has 3 N–H and O–H groups in total. The van der Waals surface area contributed by atoms with E-state index >= 15 is 0 Å². The third kappa shape index (κ3) is 3.22. The molecule has 0 saturated carbocycles. The normalized spacial score (nSPS) is 11.9. The van der Waals surface area contributed by atoms with Crippen LogP contribution in [0.5, 0.6) is 0 Å². The van der Waals surface area contributed by atoms with Crippen LogP contribution in [0.25, 0.3) is 0 Å². The van der Waals surface area contributed by atoms with Gasteiger partial charge in [0.05, 0.1) is 5.69 Å². The lowest BCUT2D eigenvalue weighted by molar-refractivity contribution is -0.117. The number of benzene rings is 2. The highest BCUT2D eigenvalue weighted by Gasteiger charge is 2.16. The highest BCUT2D eigenvalue weighted by atomic mass is 79.9. The molecule has 0 spiro atoms. The minimum Gasteiger partial charge on any atom is -0.323 e. The number of hydrogen-bond donors (Lipinski definition) is 2. The van der Waals surface area contributed by atoms with Crippen LogP contribution in [0, 0.1) is 6.92 Å². The number of hydrogen-bond acceptors (Lipinski definition) is 2. The fourth-order valence-electron chi connectivity index (χ4n) is 1.77. The van der Waals surface area contributed by atoms with Crippen LogP contribution >= 0.6 is 15.9 Å². The Labute approximate surface area is 121 Å². The summed E-state index contributed by atoms with van der Waals surface area (Å²) in [7, 11) is 0. The Balaban J connectivity index is 2.15. The first-order chi connectivity index (χ1) is 9.09. The lowest BCUT2D eigenvalue weighted by Crippen LogP contribution is -2.27. The van der Waals surface area contributed by atoms with Crippen molar-refractivity contribution in [3.63, 3.8) is 0 Å². The summed E-state index contributed by atoms with van der Waals surface area (Å²) in [5, 5.41) is 2.84. The highest BCUT2D eigenvalue weighted by Crippen LogP contribution is 2.26. The first kappa shape index (κ1) is 13.8. The Hall–Kier alpha value is -1.65. The van der Waals surface area contributed by atoms with Gasteiger partial charge in [-0.05, 0) is 40.0 Å². The molecule has 19 heavy (non-hydrogen) atoms.